The summed E-state index contributed by atoms with van der Waals surface area (Å²) >= 11 is 0. The van der Waals surface area contributed by atoms with Gasteiger partial charge in [0.15, 0.2) is 0 Å². The molecule has 0 aromatic carbocycles. The Balaban J connectivity index is 2.57. The highest BCUT2D eigenvalue weighted by molar-refractivity contribution is 5.88. The highest BCUT2D eigenvalue weighted by Gasteiger charge is 2.43. The molecule has 1 heterocycles. The molecular weight excluding hydrogens is 190 g/mol. The molecule has 0 saturated carbocycles. The van der Waals surface area contributed by atoms with Crippen molar-refractivity contribution >= 4 is 5.71 Å². The van der Waals surface area contributed by atoms with Crippen molar-refractivity contribution in [3.05, 3.63) is 0 Å². The lowest BCUT2D eigenvalue weighted by atomic mass is 10.2. The first kappa shape index (κ1) is 11.4. The van der Waals surface area contributed by atoms with E-state index >= 15 is 0 Å². The van der Waals surface area contributed by atoms with Gasteiger partial charge in [-0.25, -0.2) is 0 Å². The molecule has 0 spiro atoms. The Labute approximate surface area is 82.6 Å². The molecular formula is C8H15NO5. The predicted octanol–water partition coefficient (Wildman–Crippen LogP) is 1.02. The monoisotopic (exact) mass is 205 g/mol. The van der Waals surface area contributed by atoms with E-state index in [1.54, 1.807) is 13.8 Å². The fourth-order valence-electron chi connectivity index (χ4n) is 0.917. The van der Waals surface area contributed by atoms with E-state index in [-0.39, 0.29) is 0 Å². The summed E-state index contributed by atoms with van der Waals surface area (Å²) in [5, 5.41) is 3.70. The van der Waals surface area contributed by atoms with E-state index in [9.17, 15) is 0 Å². The summed E-state index contributed by atoms with van der Waals surface area (Å²) < 4.78 is 10.4. The zero-order chi connectivity index (χ0) is 10.6. The van der Waals surface area contributed by atoms with Crippen LogP contribution in [0.5, 0.6) is 0 Å². The number of rotatable bonds is 4. The maximum atomic E-state index is 5.33. The van der Waals surface area contributed by atoms with Gasteiger partial charge in [-0.3, -0.25) is 4.74 Å². The minimum atomic E-state index is -1.05. The summed E-state index contributed by atoms with van der Waals surface area (Å²) in [6, 6.07) is 0. The van der Waals surface area contributed by atoms with Crippen molar-refractivity contribution in [1.82, 2.24) is 0 Å². The summed E-state index contributed by atoms with van der Waals surface area (Å²) in [5.41, 5.74) is 0.516. The lowest BCUT2D eigenvalue weighted by Gasteiger charge is -2.18. The van der Waals surface area contributed by atoms with Crippen LogP contribution in [0.15, 0.2) is 5.16 Å². The summed E-state index contributed by atoms with van der Waals surface area (Å²) in [5.74, 6) is -1.05. The maximum Gasteiger partial charge on any atom is 0.304 e. The molecule has 1 fully saturated rings. The molecule has 6 heteroatoms. The molecule has 0 amide bonds. The van der Waals surface area contributed by atoms with Crippen LogP contribution in [-0.2, 0) is 24.1 Å². The third-order valence-corrected chi connectivity index (χ3v) is 1.79. The molecule has 2 atom stereocenters. The number of hydrogen-bond acceptors (Lipinski definition) is 6. The van der Waals surface area contributed by atoms with Crippen LogP contribution in [0, 0.1) is 0 Å². The first-order valence-corrected chi connectivity index (χ1v) is 4.34. The first-order valence-electron chi connectivity index (χ1n) is 4.34. The normalized spacial score (nSPS) is 33.4. The lowest BCUT2D eigenvalue weighted by molar-refractivity contribution is -0.353. The Bertz CT molecular complexity index is 220. The molecule has 14 heavy (non-hydrogen) atoms. The zero-order valence-electron chi connectivity index (χ0n) is 8.77. The molecule has 1 rings (SSSR count). The molecule has 0 aromatic rings. The molecule has 1 aliphatic rings. The summed E-state index contributed by atoms with van der Waals surface area (Å²) in [6.07, 6.45) is 0. The van der Waals surface area contributed by atoms with Crippen LogP contribution in [0.25, 0.3) is 0 Å². The Hall–Kier alpha value is -0.690. The molecule has 0 radical (unpaired) electrons. The second kappa shape index (κ2) is 4.70. The van der Waals surface area contributed by atoms with E-state index in [2.05, 4.69) is 9.99 Å². The van der Waals surface area contributed by atoms with Gasteiger partial charge in [0.25, 0.3) is 0 Å². The van der Waals surface area contributed by atoms with Gasteiger partial charge in [0.05, 0.1) is 0 Å². The van der Waals surface area contributed by atoms with E-state index in [0.717, 1.165) is 0 Å². The van der Waals surface area contributed by atoms with Gasteiger partial charge >= 0.3 is 6.48 Å². The van der Waals surface area contributed by atoms with Crippen molar-refractivity contribution in [2.75, 3.05) is 13.7 Å². The van der Waals surface area contributed by atoms with Gasteiger partial charge in [-0.15, -0.1) is 0 Å². The smallest absolute Gasteiger partial charge is 0.304 e. The summed E-state index contributed by atoms with van der Waals surface area (Å²) in [7, 11) is 1.45. The van der Waals surface area contributed by atoms with Crippen molar-refractivity contribution in [1.29, 1.82) is 0 Å². The van der Waals surface area contributed by atoms with Crippen LogP contribution in [0.2, 0.25) is 0 Å². The number of nitrogens with zero attached hydrogens (tertiary/aromatic N) is 1. The molecule has 1 saturated heterocycles. The highest BCUT2D eigenvalue weighted by atomic mass is 17.3. The second-order valence-electron chi connectivity index (χ2n) is 2.85. The van der Waals surface area contributed by atoms with E-state index in [1.165, 1.54) is 7.11 Å². The predicted molar refractivity (Wildman–Crippen MR) is 47.2 cm³/mol. The van der Waals surface area contributed by atoms with E-state index in [1.807, 2.05) is 6.92 Å². The minimum Gasteiger partial charge on any atom is -0.399 e. The van der Waals surface area contributed by atoms with Crippen LogP contribution in [0.4, 0.5) is 0 Å². The van der Waals surface area contributed by atoms with E-state index < -0.39 is 12.3 Å². The first-order chi connectivity index (χ1) is 6.62. The standard InChI is InChI=1S/C8H15NO5/c1-5-11-7-12-8(3,14-13-7)6(2)9-10-4/h7H,5H2,1-4H3. The van der Waals surface area contributed by atoms with Gasteiger partial charge in [-0.1, -0.05) is 5.16 Å². The fourth-order valence-corrected chi connectivity index (χ4v) is 0.917. The molecule has 0 bridgehead atoms. The molecule has 2 unspecified atom stereocenters. The lowest BCUT2D eigenvalue weighted by Crippen LogP contribution is -2.35. The van der Waals surface area contributed by atoms with E-state index in [4.69, 9.17) is 19.2 Å². The summed E-state index contributed by atoms with van der Waals surface area (Å²) in [6.45, 7) is 4.88. The third kappa shape index (κ3) is 2.42. The van der Waals surface area contributed by atoms with Crippen molar-refractivity contribution in [2.45, 2.75) is 33.0 Å². The van der Waals surface area contributed by atoms with Gasteiger partial charge in [0, 0.05) is 6.61 Å². The van der Waals surface area contributed by atoms with Crippen molar-refractivity contribution in [3.63, 3.8) is 0 Å². The van der Waals surface area contributed by atoms with Crippen LogP contribution >= 0.6 is 0 Å². The fraction of sp³-hybridized carbons (Fsp3) is 0.875. The molecule has 82 valence electrons. The molecule has 0 aliphatic carbocycles. The second-order valence-corrected chi connectivity index (χ2v) is 2.85. The molecule has 1 aliphatic heterocycles. The minimum absolute atomic E-state index is 0.477. The SMILES string of the molecule is CCOC1OOC(C)(C(C)=NOC)O1. The Kier molecular flexibility index (Phi) is 3.82. The highest BCUT2D eigenvalue weighted by Crippen LogP contribution is 2.26. The van der Waals surface area contributed by atoms with Crippen molar-refractivity contribution in [3.8, 4) is 0 Å². The molecule has 6 nitrogen and oxygen atoms in total. The topological polar surface area (TPSA) is 58.5 Å². The third-order valence-electron chi connectivity index (χ3n) is 1.79. The Morgan fingerprint density at radius 2 is 2.29 bits per heavy atom. The number of oxime groups is 1. The van der Waals surface area contributed by atoms with Crippen molar-refractivity contribution in [2.24, 2.45) is 5.16 Å². The van der Waals surface area contributed by atoms with Crippen LogP contribution in [0.3, 0.4) is 0 Å². The number of hydrogen-bond donors (Lipinski definition) is 0. The van der Waals surface area contributed by atoms with Gasteiger partial charge in [-0.2, -0.15) is 9.78 Å². The Morgan fingerprint density at radius 1 is 1.57 bits per heavy atom. The van der Waals surface area contributed by atoms with Gasteiger partial charge < -0.3 is 9.57 Å². The van der Waals surface area contributed by atoms with Crippen LogP contribution in [-0.4, -0.2) is 31.7 Å². The van der Waals surface area contributed by atoms with Gasteiger partial charge in [-0.05, 0) is 20.8 Å². The zero-order valence-corrected chi connectivity index (χ0v) is 8.77. The quantitative estimate of drug-likeness (QED) is 0.389. The van der Waals surface area contributed by atoms with E-state index in [0.29, 0.717) is 12.3 Å². The van der Waals surface area contributed by atoms with Crippen LogP contribution in [0.1, 0.15) is 20.8 Å². The van der Waals surface area contributed by atoms with Crippen molar-refractivity contribution < 1.29 is 24.1 Å². The Morgan fingerprint density at radius 3 is 2.86 bits per heavy atom. The molecule has 0 N–H and O–H groups in total. The maximum absolute atomic E-state index is 5.33. The average Bonchev–Trinajstić information content (AvgIpc) is 2.50. The van der Waals surface area contributed by atoms with Crippen LogP contribution < -0.4 is 0 Å². The number of ether oxygens (including phenoxy) is 2. The summed E-state index contributed by atoms with van der Waals surface area (Å²) in [4.78, 5) is 14.4. The average molecular weight is 205 g/mol. The largest absolute Gasteiger partial charge is 0.399 e. The van der Waals surface area contributed by atoms with Gasteiger partial charge in [0.2, 0.25) is 5.79 Å². The van der Waals surface area contributed by atoms with Gasteiger partial charge in [0.1, 0.15) is 12.8 Å². The molecule has 0 aromatic heterocycles.